The number of rotatable bonds is 4. The van der Waals surface area contributed by atoms with Crippen LogP contribution < -0.4 is 0 Å². The number of hydrogen-bond donors (Lipinski definition) is 2. The number of carboxylic acid groups (broad SMARTS) is 1. The highest BCUT2D eigenvalue weighted by Crippen LogP contribution is 2.43. The van der Waals surface area contributed by atoms with Crippen molar-refractivity contribution in [3.8, 4) is 0 Å². The maximum Gasteiger partial charge on any atom is 0.309 e. The summed E-state index contributed by atoms with van der Waals surface area (Å²) in [5.41, 5.74) is -1.00. The van der Waals surface area contributed by atoms with E-state index >= 15 is 0 Å². The van der Waals surface area contributed by atoms with Crippen LogP contribution in [0.25, 0.3) is 0 Å². The molecule has 0 aromatic rings. The summed E-state index contributed by atoms with van der Waals surface area (Å²) in [6.07, 6.45) is 4.04. The number of carboxylic acids is 1. The Balaban J connectivity index is 2.89. The van der Waals surface area contributed by atoms with Crippen molar-refractivity contribution in [2.24, 2.45) is 17.8 Å². The minimum Gasteiger partial charge on any atom is -0.481 e. The summed E-state index contributed by atoms with van der Waals surface area (Å²) in [7, 11) is 0. The average Bonchev–Trinajstić information content (AvgIpc) is 2.20. The van der Waals surface area contributed by atoms with Gasteiger partial charge in [-0.25, -0.2) is 0 Å². The molecule has 1 aliphatic carbocycles. The standard InChI is InChI=1S/C13H24O3/c1-4-5-11(12(14)15)13(16)8-9(2)6-7-10(13)3/h9-11,16H,4-8H2,1-3H3,(H,14,15). The molecule has 1 aliphatic rings. The van der Waals surface area contributed by atoms with Crippen LogP contribution in [-0.4, -0.2) is 21.8 Å². The lowest BCUT2D eigenvalue weighted by Crippen LogP contribution is -2.51. The van der Waals surface area contributed by atoms with Crippen LogP contribution in [0.4, 0.5) is 0 Å². The summed E-state index contributed by atoms with van der Waals surface area (Å²) in [6, 6.07) is 0. The summed E-state index contributed by atoms with van der Waals surface area (Å²) in [6.45, 7) is 6.05. The molecule has 1 fully saturated rings. The monoisotopic (exact) mass is 228 g/mol. The second kappa shape index (κ2) is 5.17. The number of aliphatic carboxylic acids is 1. The fourth-order valence-electron chi connectivity index (χ4n) is 3.01. The molecule has 0 aromatic heterocycles. The molecule has 4 unspecified atom stereocenters. The molecule has 94 valence electrons. The van der Waals surface area contributed by atoms with Crippen LogP contribution in [0.3, 0.4) is 0 Å². The van der Waals surface area contributed by atoms with Crippen molar-refractivity contribution >= 4 is 5.97 Å². The number of carbonyl (C=O) groups is 1. The van der Waals surface area contributed by atoms with E-state index in [4.69, 9.17) is 0 Å². The van der Waals surface area contributed by atoms with Crippen LogP contribution in [-0.2, 0) is 4.79 Å². The molecular weight excluding hydrogens is 204 g/mol. The first kappa shape index (κ1) is 13.5. The molecule has 16 heavy (non-hydrogen) atoms. The largest absolute Gasteiger partial charge is 0.481 e. The van der Waals surface area contributed by atoms with Crippen LogP contribution in [0.15, 0.2) is 0 Å². The Bertz CT molecular complexity index is 252. The third kappa shape index (κ3) is 2.57. The van der Waals surface area contributed by atoms with Gasteiger partial charge in [0.15, 0.2) is 0 Å². The van der Waals surface area contributed by atoms with E-state index in [0.29, 0.717) is 18.8 Å². The Morgan fingerprint density at radius 1 is 1.44 bits per heavy atom. The van der Waals surface area contributed by atoms with Crippen molar-refractivity contribution in [2.45, 2.75) is 58.5 Å². The van der Waals surface area contributed by atoms with E-state index in [9.17, 15) is 15.0 Å². The molecule has 0 heterocycles. The SMILES string of the molecule is CCCC(C(=O)O)C1(O)CC(C)CCC1C. The lowest BCUT2D eigenvalue weighted by atomic mass is 9.65. The van der Waals surface area contributed by atoms with Gasteiger partial charge < -0.3 is 10.2 Å². The van der Waals surface area contributed by atoms with Gasteiger partial charge in [0.05, 0.1) is 11.5 Å². The Labute approximate surface area is 97.9 Å². The third-order valence-corrected chi connectivity index (χ3v) is 4.10. The molecule has 3 nitrogen and oxygen atoms in total. The molecule has 3 heteroatoms. The van der Waals surface area contributed by atoms with Crippen LogP contribution in [0.2, 0.25) is 0 Å². The van der Waals surface area contributed by atoms with Gasteiger partial charge >= 0.3 is 5.97 Å². The Morgan fingerprint density at radius 3 is 2.56 bits per heavy atom. The maximum atomic E-state index is 11.3. The van der Waals surface area contributed by atoms with Crippen molar-refractivity contribution in [2.75, 3.05) is 0 Å². The van der Waals surface area contributed by atoms with Gasteiger partial charge in [0.2, 0.25) is 0 Å². The smallest absolute Gasteiger partial charge is 0.309 e. The maximum absolute atomic E-state index is 11.3. The van der Waals surface area contributed by atoms with Crippen molar-refractivity contribution in [1.82, 2.24) is 0 Å². The normalized spacial score (nSPS) is 37.0. The minimum absolute atomic E-state index is 0.0938. The van der Waals surface area contributed by atoms with E-state index in [1.54, 1.807) is 0 Å². The zero-order valence-electron chi connectivity index (χ0n) is 10.6. The highest BCUT2D eigenvalue weighted by atomic mass is 16.4. The Kier molecular flexibility index (Phi) is 4.36. The van der Waals surface area contributed by atoms with Crippen LogP contribution in [0, 0.1) is 17.8 Å². The van der Waals surface area contributed by atoms with E-state index in [1.807, 2.05) is 13.8 Å². The summed E-state index contributed by atoms with van der Waals surface area (Å²) >= 11 is 0. The zero-order chi connectivity index (χ0) is 12.3. The number of hydrogen-bond acceptors (Lipinski definition) is 2. The van der Waals surface area contributed by atoms with Crippen molar-refractivity contribution in [1.29, 1.82) is 0 Å². The summed E-state index contributed by atoms with van der Waals surface area (Å²) in [4.78, 5) is 11.3. The zero-order valence-corrected chi connectivity index (χ0v) is 10.6. The molecule has 0 aliphatic heterocycles. The molecule has 0 bridgehead atoms. The Morgan fingerprint density at radius 2 is 2.06 bits per heavy atom. The molecule has 0 spiro atoms. The molecule has 4 atom stereocenters. The fraction of sp³-hybridized carbons (Fsp3) is 0.923. The number of aliphatic hydroxyl groups is 1. The molecular formula is C13H24O3. The second-order valence-corrected chi connectivity index (χ2v) is 5.46. The van der Waals surface area contributed by atoms with E-state index in [0.717, 1.165) is 19.3 Å². The van der Waals surface area contributed by atoms with E-state index in [1.165, 1.54) is 0 Å². The van der Waals surface area contributed by atoms with E-state index in [2.05, 4.69) is 6.92 Å². The minimum atomic E-state index is -1.00. The summed E-state index contributed by atoms with van der Waals surface area (Å²) in [5.74, 6) is -0.920. The van der Waals surface area contributed by atoms with Gasteiger partial charge in [0.1, 0.15) is 0 Å². The first-order valence-electron chi connectivity index (χ1n) is 6.37. The highest BCUT2D eigenvalue weighted by molar-refractivity contribution is 5.71. The molecule has 0 saturated heterocycles. The molecule has 1 rings (SSSR count). The van der Waals surface area contributed by atoms with Crippen LogP contribution in [0.1, 0.15) is 52.9 Å². The van der Waals surface area contributed by atoms with E-state index in [-0.39, 0.29) is 5.92 Å². The van der Waals surface area contributed by atoms with Crippen molar-refractivity contribution in [3.05, 3.63) is 0 Å². The van der Waals surface area contributed by atoms with Gasteiger partial charge in [-0.15, -0.1) is 0 Å². The van der Waals surface area contributed by atoms with Gasteiger partial charge in [-0.1, -0.05) is 33.6 Å². The predicted molar refractivity (Wildman–Crippen MR) is 63.2 cm³/mol. The first-order chi connectivity index (χ1) is 7.41. The predicted octanol–water partition coefficient (Wildman–Crippen LogP) is 2.67. The molecule has 0 amide bonds. The van der Waals surface area contributed by atoms with Crippen LogP contribution >= 0.6 is 0 Å². The fourth-order valence-corrected chi connectivity index (χ4v) is 3.01. The summed E-state index contributed by atoms with van der Waals surface area (Å²) in [5, 5.41) is 20.0. The highest BCUT2D eigenvalue weighted by Gasteiger charge is 2.47. The van der Waals surface area contributed by atoms with Crippen LogP contribution in [0.5, 0.6) is 0 Å². The summed E-state index contributed by atoms with van der Waals surface area (Å²) < 4.78 is 0. The molecule has 0 radical (unpaired) electrons. The van der Waals surface area contributed by atoms with Gasteiger partial charge in [-0.3, -0.25) is 4.79 Å². The Hall–Kier alpha value is -0.570. The van der Waals surface area contributed by atoms with Crippen molar-refractivity contribution < 1.29 is 15.0 Å². The molecule has 2 N–H and O–H groups in total. The molecule has 0 aromatic carbocycles. The first-order valence-corrected chi connectivity index (χ1v) is 6.37. The second-order valence-electron chi connectivity index (χ2n) is 5.46. The van der Waals surface area contributed by atoms with Gasteiger partial charge in [0.25, 0.3) is 0 Å². The van der Waals surface area contributed by atoms with Gasteiger partial charge in [0, 0.05) is 0 Å². The third-order valence-electron chi connectivity index (χ3n) is 4.10. The topological polar surface area (TPSA) is 57.5 Å². The lowest BCUT2D eigenvalue weighted by Gasteiger charge is -2.44. The average molecular weight is 228 g/mol. The van der Waals surface area contributed by atoms with Gasteiger partial charge in [-0.05, 0) is 31.1 Å². The quantitative estimate of drug-likeness (QED) is 0.777. The van der Waals surface area contributed by atoms with E-state index < -0.39 is 17.5 Å². The van der Waals surface area contributed by atoms with Crippen molar-refractivity contribution in [3.63, 3.8) is 0 Å². The van der Waals surface area contributed by atoms with Gasteiger partial charge in [-0.2, -0.15) is 0 Å². The lowest BCUT2D eigenvalue weighted by molar-refractivity contribution is -0.163. The molecule has 1 saturated carbocycles.